The summed E-state index contributed by atoms with van der Waals surface area (Å²) in [6, 6.07) is 0. The Hall–Kier alpha value is -29.7. The molecule has 0 amide bonds. The van der Waals surface area contributed by atoms with Crippen LogP contribution in [0.2, 0.25) is 0 Å². The fourth-order valence-electron chi connectivity index (χ4n) is 4.15. The summed E-state index contributed by atoms with van der Waals surface area (Å²) in [5.41, 5.74) is 0. The Balaban J connectivity index is 4.66. The maximum Gasteiger partial charge on any atom is 0 e. The molecular weight excluding hydrogens is 1630 g/mol. The summed E-state index contributed by atoms with van der Waals surface area (Å²) in [5, 5.41) is 0. The normalized spacial score (nSPS) is 3.97. The van der Waals surface area contributed by atoms with Gasteiger partial charge >= 0.3 is 0 Å². The zero-order valence-corrected chi connectivity index (χ0v) is 68.4. The average Bonchev–Trinajstić information content (AvgIpc) is 1.10. The number of rotatable bonds is 0. The van der Waals surface area contributed by atoms with E-state index in [4.69, 9.17) is 0 Å². The molecule has 0 bridgehead atoms. The first kappa shape index (κ1) is 106. The van der Waals surface area contributed by atoms with Crippen LogP contribution in [0.25, 0.3) is 0 Å². The van der Waals surface area contributed by atoms with Gasteiger partial charge in [-0.15, -0.1) is 11.8 Å². The van der Waals surface area contributed by atoms with E-state index in [1.54, 1.807) is 0 Å². The molecule has 0 radical (unpaired) electrons. The average molecular weight is 1640 g/mol. The molecule has 0 aliphatic heterocycles. The molecule has 0 atom stereocenters. The minimum absolute atomic E-state index is 2.37. The van der Waals surface area contributed by atoms with Crippen LogP contribution < -0.4 is 0 Å². The predicted octanol–water partition coefficient (Wildman–Crippen LogP) is 0.882. The van der Waals surface area contributed by atoms with E-state index in [9.17, 15) is 0 Å². The van der Waals surface area contributed by atoms with E-state index in [0.717, 1.165) is 0 Å². The molecule has 0 rings (SSSR count). The fraction of sp³-hybridized carbons (Fsp3) is 0. The molecule has 0 heterocycles. The van der Waals surface area contributed by atoms with Crippen molar-refractivity contribution in [1.29, 1.82) is 0 Å². The Kier molecular flexibility index (Phi) is 82.2. The minimum atomic E-state index is 2.37. The van der Waals surface area contributed by atoms with Crippen molar-refractivity contribution in [2.45, 2.75) is 0 Å². The van der Waals surface area contributed by atoms with Crippen molar-refractivity contribution < 1.29 is 0 Å². The maximum absolute atomic E-state index is 3.32. The monoisotopic (exact) mass is 1640 g/mol. The third-order valence-electron chi connectivity index (χ3n) is 8.36. The highest BCUT2D eigenvalue weighted by atomic mass is 13.7. The van der Waals surface area contributed by atoms with Crippen molar-refractivity contribution in [3.63, 3.8) is 0 Å². The van der Waals surface area contributed by atoms with Gasteiger partial charge in [0.25, 0.3) is 0 Å². The van der Waals surface area contributed by atoms with Gasteiger partial charge in [-0.2, -0.15) is 13.8 Å². The standard InChI is InChI=1S/C136H4/c1-3-5-7-9-11-13-15-17-19-21-23-25-27-29-31-33-35-37-39-41-43-45-47-49-51-53-55-57-59-61-63-65-67-69-71-73-75-77-79-81-83-85-87-89-91-93-95-97-99-101-103-105-107-109-111-113-115-117-119-121-123-125-127-129-131-133-135-136-134-132-130-128-126-124-122-120-118-116-114-112-110-108-106-104-102-100-98-96-94-92-90-88-86-84-82-80-78-76-74-72-70-68-66-64-62-60-58-56-54-52-50-48-46-44-42-40-38-36-34-32-30-28-26-24-22-20-18-16-14-12-10-8-6-4-2/h1-2H2/q-2. The van der Waals surface area contributed by atoms with Crippen molar-refractivity contribution >= 4 is 0 Å². The van der Waals surface area contributed by atoms with Crippen LogP contribution >= 0.6 is 0 Å². The van der Waals surface area contributed by atoms with E-state index in [0.29, 0.717) is 0 Å². The Bertz CT molecular complexity index is 8940. The SMILES string of the molecule is [CH2-]C#CC#CC#CC#CC#CC#CC#CC#CC#CC#CC#CC#CC#CC#CC#CC#CC#CC#CC#CC#CC#CC#CC#CC#CC#CC#CC#CC#CC#CC#CC#CC#CC#CC#CC#CC#CC#CC#CC#CC#CC#CC#CC#CC#CC#CC#CC#CC#CC#CC#CC#CC#CC#CC#CC#CC#CC#CC#CC#CC#CC#CC#CC#CC#CC#CC#CC#C[CH2-]. The highest BCUT2D eigenvalue weighted by Crippen LogP contribution is 1.71. The van der Waals surface area contributed by atoms with Gasteiger partial charge in [0.05, 0.1) is 0 Å². The molecule has 0 N–H and O–H groups in total. The van der Waals surface area contributed by atoms with Crippen molar-refractivity contribution in [1.82, 2.24) is 0 Å². The van der Waals surface area contributed by atoms with Gasteiger partial charge in [0.1, 0.15) is 0 Å². The van der Waals surface area contributed by atoms with Gasteiger partial charge in [-0.1, -0.05) is 0 Å². The Morgan fingerprint density at radius 1 is 0.0368 bits per heavy atom. The van der Waals surface area contributed by atoms with Crippen LogP contribution in [0.5, 0.6) is 0 Å². The van der Waals surface area contributed by atoms with Gasteiger partial charge in [0.15, 0.2) is 0 Å². The van der Waals surface area contributed by atoms with E-state index in [1.165, 1.54) is 0 Å². The minimum Gasteiger partial charge on any atom is -0.284 e. The summed E-state index contributed by atoms with van der Waals surface area (Å²) in [6.45, 7) is 6.64. The van der Waals surface area contributed by atoms with Crippen LogP contribution in [0, 0.1) is 807 Å². The summed E-state index contributed by atoms with van der Waals surface area (Å²) in [4.78, 5) is 0. The molecule has 0 aromatic heterocycles. The molecule has 0 spiro atoms. The maximum atomic E-state index is 3.32. The Labute approximate surface area is 801 Å². The lowest BCUT2D eigenvalue weighted by atomic mass is 10.4. The van der Waals surface area contributed by atoms with Crippen molar-refractivity contribution in [3.05, 3.63) is 13.8 Å². The molecule has 0 aromatic rings. The largest absolute Gasteiger partial charge is 0.284 e. The van der Waals surface area contributed by atoms with Crippen molar-refractivity contribution in [3.8, 4) is 793 Å². The van der Waals surface area contributed by atoms with Gasteiger partial charge < -0.3 is 0 Å². The van der Waals surface area contributed by atoms with Gasteiger partial charge in [0, 0.05) is 663 Å². The van der Waals surface area contributed by atoms with Crippen LogP contribution in [0.4, 0.5) is 0 Å². The van der Waals surface area contributed by atoms with Gasteiger partial charge in [-0.25, -0.2) is 11.8 Å². The summed E-state index contributed by atoms with van der Waals surface area (Å²) >= 11 is 0. The number of hydrogen-bond donors (Lipinski definition) is 0. The third-order valence-corrected chi connectivity index (χ3v) is 8.36. The molecule has 136 heavy (non-hydrogen) atoms. The molecule has 0 saturated carbocycles. The van der Waals surface area contributed by atoms with E-state index in [1.807, 2.05) is 0 Å². The van der Waals surface area contributed by atoms with E-state index < -0.39 is 0 Å². The number of hydrogen-bond acceptors (Lipinski definition) is 0. The van der Waals surface area contributed by atoms with Crippen LogP contribution in [-0.4, -0.2) is 0 Å². The van der Waals surface area contributed by atoms with Gasteiger partial charge in [-0.3, -0.25) is 11.8 Å². The van der Waals surface area contributed by atoms with Gasteiger partial charge in [-0.05, 0) is 94.7 Å². The molecule has 0 fully saturated rings. The summed E-state index contributed by atoms with van der Waals surface area (Å²) in [6.07, 6.45) is 0. The molecule has 0 aliphatic carbocycles. The summed E-state index contributed by atoms with van der Waals surface area (Å²) in [5.74, 6) is 334. The zero-order chi connectivity index (χ0) is 96.8. The first-order valence-corrected chi connectivity index (χ1v) is 34.0. The zero-order valence-electron chi connectivity index (χ0n) is 68.4. The first-order valence-electron chi connectivity index (χ1n) is 34.0. The summed E-state index contributed by atoms with van der Waals surface area (Å²) < 4.78 is 0. The quantitative estimate of drug-likeness (QED) is 0.250. The van der Waals surface area contributed by atoms with Crippen molar-refractivity contribution in [2.75, 3.05) is 0 Å². The van der Waals surface area contributed by atoms with Crippen LogP contribution in [0.15, 0.2) is 0 Å². The van der Waals surface area contributed by atoms with Crippen LogP contribution in [0.1, 0.15) is 0 Å². The second kappa shape index (κ2) is 105. The smallest absolute Gasteiger partial charge is 0 e. The molecule has 0 nitrogen and oxygen atoms in total. The Morgan fingerprint density at radius 2 is 0.0588 bits per heavy atom. The highest BCUT2D eigenvalue weighted by molar-refractivity contribution is 5.59. The lowest BCUT2D eigenvalue weighted by Crippen LogP contribution is -1.57. The third kappa shape index (κ3) is 104. The lowest BCUT2D eigenvalue weighted by Gasteiger charge is -1.64. The molecule has 0 heteroatoms. The molecule has 0 aliphatic rings. The van der Waals surface area contributed by atoms with Gasteiger partial charge in [0.2, 0.25) is 0 Å². The highest BCUT2D eigenvalue weighted by Gasteiger charge is 1.70. The van der Waals surface area contributed by atoms with Crippen LogP contribution in [0.3, 0.4) is 0 Å². The van der Waals surface area contributed by atoms with E-state index in [2.05, 4.69) is 807 Å². The van der Waals surface area contributed by atoms with E-state index >= 15 is 0 Å². The molecule has 0 unspecified atom stereocenters. The topological polar surface area (TPSA) is 0 Å². The van der Waals surface area contributed by atoms with E-state index in [-0.39, 0.29) is 0 Å². The lowest BCUT2D eigenvalue weighted by molar-refractivity contribution is 2.31. The molecule has 0 saturated heterocycles. The first-order chi connectivity index (χ1) is 67.9. The fourth-order valence-corrected chi connectivity index (χ4v) is 4.15. The predicted molar refractivity (Wildman–Crippen MR) is 532 cm³/mol. The summed E-state index contributed by atoms with van der Waals surface area (Å²) in [7, 11) is 0. The van der Waals surface area contributed by atoms with Crippen molar-refractivity contribution in [2.24, 2.45) is 0 Å². The molecule has 550 valence electrons. The van der Waals surface area contributed by atoms with Crippen LogP contribution in [-0.2, 0) is 0 Å². The second-order valence-corrected chi connectivity index (χ2v) is 16.9. The molecule has 0 aromatic carbocycles. The molecular formula is C136H4-2. The Morgan fingerprint density at radius 3 is 0.0809 bits per heavy atom. The second-order valence-electron chi connectivity index (χ2n) is 16.9.